The Morgan fingerprint density at radius 1 is 1.57 bits per heavy atom. The molecule has 14 heavy (non-hydrogen) atoms. The molecule has 0 aliphatic carbocycles. The maximum Gasteiger partial charge on any atom is 0.432 e. The average Bonchev–Trinajstić information content (AvgIpc) is 2.02. The second-order valence-corrected chi connectivity index (χ2v) is 2.43. The number of alkyl halides is 4. The Labute approximate surface area is 77.0 Å². The largest absolute Gasteiger partial charge is 0.432 e. The number of aliphatic hydroxyl groups is 1. The van der Waals surface area contributed by atoms with E-state index in [1.165, 1.54) is 0 Å². The molecule has 1 N–H and O–H groups in total. The Hall–Kier alpha value is -1.11. The fourth-order valence-electron chi connectivity index (χ4n) is 0.488. The number of carbonyl (C=O) groups excluding carboxylic acids is 1. The molecule has 0 saturated carbocycles. The van der Waals surface area contributed by atoms with Crippen molar-refractivity contribution in [3.05, 3.63) is 12.7 Å². The summed E-state index contributed by atoms with van der Waals surface area (Å²) >= 11 is 0. The molecule has 0 amide bonds. The highest BCUT2D eigenvalue weighted by Gasteiger charge is 2.62. The van der Waals surface area contributed by atoms with Crippen LogP contribution >= 0.6 is 0 Å². The van der Waals surface area contributed by atoms with Crippen LogP contribution in [-0.2, 0) is 9.53 Å². The zero-order chi connectivity index (χ0) is 11.6. The van der Waals surface area contributed by atoms with Gasteiger partial charge in [-0.25, -0.2) is 9.18 Å². The standard InChI is InChI=1S/C7H8F4O3/c1-3-5(12)14-7(11,13)6(9,10)4(2)8/h3-4,13H,1H2,2H3. The molecule has 7 heteroatoms. The third-order valence-corrected chi connectivity index (χ3v) is 1.31. The van der Waals surface area contributed by atoms with Gasteiger partial charge in [-0.05, 0) is 6.92 Å². The van der Waals surface area contributed by atoms with Crippen molar-refractivity contribution in [1.82, 2.24) is 0 Å². The van der Waals surface area contributed by atoms with Crippen molar-refractivity contribution in [1.29, 1.82) is 0 Å². The van der Waals surface area contributed by atoms with E-state index in [1.54, 1.807) is 0 Å². The fraction of sp³-hybridized carbons (Fsp3) is 0.571. The second-order valence-electron chi connectivity index (χ2n) is 2.43. The lowest BCUT2D eigenvalue weighted by atomic mass is 10.2. The van der Waals surface area contributed by atoms with Crippen LogP contribution in [0.2, 0.25) is 0 Å². The van der Waals surface area contributed by atoms with E-state index in [2.05, 4.69) is 11.3 Å². The van der Waals surface area contributed by atoms with Crippen molar-refractivity contribution in [3.63, 3.8) is 0 Å². The molecular weight excluding hydrogens is 208 g/mol. The van der Waals surface area contributed by atoms with Gasteiger partial charge >= 0.3 is 17.9 Å². The smallest absolute Gasteiger partial charge is 0.396 e. The maximum atomic E-state index is 12.6. The molecule has 0 aromatic rings. The van der Waals surface area contributed by atoms with E-state index < -0.39 is 24.1 Å². The minimum Gasteiger partial charge on any atom is -0.396 e. The molecule has 0 spiro atoms. The van der Waals surface area contributed by atoms with Crippen LogP contribution in [-0.4, -0.2) is 29.2 Å². The highest BCUT2D eigenvalue weighted by molar-refractivity contribution is 5.81. The number of halogens is 4. The number of esters is 1. The maximum absolute atomic E-state index is 12.6. The number of hydrogen-bond donors (Lipinski definition) is 1. The first-order valence-electron chi connectivity index (χ1n) is 3.43. The Bertz CT molecular complexity index is 237. The van der Waals surface area contributed by atoms with Gasteiger partial charge in [-0.2, -0.15) is 13.2 Å². The number of ether oxygens (including phenoxy) is 1. The van der Waals surface area contributed by atoms with Gasteiger partial charge in [-0.3, -0.25) is 0 Å². The Balaban J connectivity index is 4.76. The molecule has 0 bridgehead atoms. The Morgan fingerprint density at radius 3 is 2.29 bits per heavy atom. The molecule has 0 aromatic heterocycles. The predicted molar refractivity (Wildman–Crippen MR) is 37.9 cm³/mol. The molecule has 0 heterocycles. The van der Waals surface area contributed by atoms with E-state index in [0.29, 0.717) is 13.0 Å². The molecule has 0 aliphatic heterocycles. The molecule has 82 valence electrons. The summed E-state index contributed by atoms with van der Waals surface area (Å²) in [6.45, 7) is 3.09. The van der Waals surface area contributed by atoms with E-state index in [1.807, 2.05) is 0 Å². The minimum absolute atomic E-state index is 0.312. The van der Waals surface area contributed by atoms with Crippen molar-refractivity contribution in [2.24, 2.45) is 0 Å². The zero-order valence-electron chi connectivity index (χ0n) is 7.14. The molecule has 0 aromatic carbocycles. The second kappa shape index (κ2) is 3.95. The quantitative estimate of drug-likeness (QED) is 0.333. The van der Waals surface area contributed by atoms with Crippen LogP contribution in [0, 0.1) is 0 Å². The molecule has 0 radical (unpaired) electrons. The minimum atomic E-state index is -4.84. The lowest BCUT2D eigenvalue weighted by Crippen LogP contribution is -2.52. The van der Waals surface area contributed by atoms with Crippen LogP contribution in [0.1, 0.15) is 6.92 Å². The van der Waals surface area contributed by atoms with Crippen LogP contribution in [0.4, 0.5) is 17.6 Å². The molecule has 2 atom stereocenters. The Kier molecular flexibility index (Phi) is 3.64. The average molecular weight is 216 g/mol. The van der Waals surface area contributed by atoms with Crippen LogP contribution in [0.15, 0.2) is 12.7 Å². The van der Waals surface area contributed by atoms with Gasteiger partial charge in [0.2, 0.25) is 0 Å². The van der Waals surface area contributed by atoms with Crippen LogP contribution in [0.5, 0.6) is 0 Å². The first kappa shape index (κ1) is 12.9. The van der Waals surface area contributed by atoms with Crippen molar-refractivity contribution < 1.29 is 32.2 Å². The van der Waals surface area contributed by atoms with Gasteiger partial charge in [0.25, 0.3) is 0 Å². The summed E-state index contributed by atoms with van der Waals surface area (Å²) in [5, 5.41) is 8.37. The van der Waals surface area contributed by atoms with Gasteiger partial charge in [-0.1, -0.05) is 6.58 Å². The van der Waals surface area contributed by atoms with E-state index in [0.717, 1.165) is 0 Å². The molecular formula is C7H8F4O3. The van der Waals surface area contributed by atoms with E-state index >= 15 is 0 Å². The van der Waals surface area contributed by atoms with Gasteiger partial charge < -0.3 is 9.84 Å². The van der Waals surface area contributed by atoms with Gasteiger partial charge in [0.15, 0.2) is 6.17 Å². The summed E-state index contributed by atoms with van der Waals surface area (Å²) in [5.74, 6) is -6.47. The number of rotatable bonds is 4. The molecule has 0 rings (SSSR count). The first-order chi connectivity index (χ1) is 6.15. The highest BCUT2D eigenvalue weighted by Crippen LogP contribution is 2.36. The van der Waals surface area contributed by atoms with Crippen molar-refractivity contribution in [2.75, 3.05) is 0 Å². The lowest BCUT2D eigenvalue weighted by Gasteiger charge is -2.27. The normalized spacial score (nSPS) is 18.1. The summed E-state index contributed by atoms with van der Waals surface area (Å²) in [6, 6.07) is -4.69. The molecule has 2 unspecified atom stereocenters. The van der Waals surface area contributed by atoms with Gasteiger partial charge in [0.1, 0.15) is 0 Å². The van der Waals surface area contributed by atoms with Crippen molar-refractivity contribution >= 4 is 5.97 Å². The predicted octanol–water partition coefficient (Wildman–Crippen LogP) is 1.32. The summed E-state index contributed by atoms with van der Waals surface area (Å²) in [4.78, 5) is 10.3. The third-order valence-electron chi connectivity index (χ3n) is 1.31. The van der Waals surface area contributed by atoms with Crippen LogP contribution in [0.3, 0.4) is 0 Å². The monoisotopic (exact) mass is 216 g/mol. The number of carbonyl (C=O) groups is 1. The van der Waals surface area contributed by atoms with Gasteiger partial charge in [0, 0.05) is 6.08 Å². The number of hydrogen-bond acceptors (Lipinski definition) is 3. The van der Waals surface area contributed by atoms with Crippen LogP contribution < -0.4 is 0 Å². The first-order valence-corrected chi connectivity index (χ1v) is 3.43. The Morgan fingerprint density at radius 2 is 2.00 bits per heavy atom. The molecule has 3 nitrogen and oxygen atoms in total. The van der Waals surface area contributed by atoms with Crippen molar-refractivity contribution in [2.45, 2.75) is 25.1 Å². The molecule has 0 fully saturated rings. The third kappa shape index (κ3) is 2.44. The van der Waals surface area contributed by atoms with E-state index in [4.69, 9.17) is 5.11 Å². The van der Waals surface area contributed by atoms with Gasteiger partial charge in [0.05, 0.1) is 0 Å². The highest BCUT2D eigenvalue weighted by atomic mass is 19.3. The van der Waals surface area contributed by atoms with Gasteiger partial charge in [-0.15, -0.1) is 0 Å². The summed E-state index contributed by atoms with van der Waals surface area (Å²) in [6.07, 6.45) is -2.67. The topological polar surface area (TPSA) is 46.5 Å². The molecule has 0 aliphatic rings. The van der Waals surface area contributed by atoms with Crippen molar-refractivity contribution in [3.8, 4) is 0 Å². The SMILES string of the molecule is C=CC(=O)OC(O)(F)C(F)(F)C(C)F. The van der Waals surface area contributed by atoms with E-state index in [9.17, 15) is 22.4 Å². The fourth-order valence-corrected chi connectivity index (χ4v) is 0.488. The summed E-state index contributed by atoms with van der Waals surface area (Å²) < 4.78 is 53.1. The molecule has 0 saturated heterocycles. The van der Waals surface area contributed by atoms with Crippen LogP contribution in [0.25, 0.3) is 0 Å². The lowest BCUT2D eigenvalue weighted by molar-refractivity contribution is -0.378. The van der Waals surface area contributed by atoms with E-state index in [-0.39, 0.29) is 0 Å². The summed E-state index contributed by atoms with van der Waals surface area (Å²) in [5.41, 5.74) is 0. The zero-order valence-corrected chi connectivity index (χ0v) is 7.14. The summed E-state index contributed by atoms with van der Waals surface area (Å²) in [7, 11) is 0.